The van der Waals surface area contributed by atoms with Gasteiger partial charge in [0.15, 0.2) is 11.7 Å². The van der Waals surface area contributed by atoms with Crippen LogP contribution in [0.1, 0.15) is 22.1 Å². The minimum Gasteiger partial charge on any atom is -0.463 e. The van der Waals surface area contributed by atoms with Gasteiger partial charge in [0.25, 0.3) is 0 Å². The number of hydrogen-bond donors (Lipinski definition) is 1. The summed E-state index contributed by atoms with van der Waals surface area (Å²) in [5, 5.41) is 6.59. The minimum absolute atomic E-state index is 0.0469. The maximum absolute atomic E-state index is 11.8. The molecule has 102 valence electrons. The number of esters is 1. The van der Waals surface area contributed by atoms with Crippen molar-refractivity contribution in [3.8, 4) is 11.5 Å². The van der Waals surface area contributed by atoms with E-state index in [9.17, 15) is 4.79 Å². The molecule has 3 heterocycles. The van der Waals surface area contributed by atoms with E-state index in [-0.39, 0.29) is 12.3 Å². The molecule has 0 unspecified atom stereocenters. The molecule has 0 spiro atoms. The Labute approximate surface area is 113 Å². The highest BCUT2D eigenvalue weighted by atomic mass is 16.5. The molecule has 7 nitrogen and oxygen atoms in total. The average molecular weight is 273 g/mol. The summed E-state index contributed by atoms with van der Waals surface area (Å²) in [6.07, 6.45) is 2.98. The van der Waals surface area contributed by atoms with Crippen molar-refractivity contribution in [1.82, 2.24) is 15.2 Å². The second-order valence-electron chi connectivity index (χ2n) is 4.08. The van der Waals surface area contributed by atoms with Gasteiger partial charge in [0, 0.05) is 13.0 Å². The third-order valence-electron chi connectivity index (χ3n) is 2.59. The smallest absolute Gasteiger partial charge is 0.356 e. The molecule has 7 heteroatoms. The molecule has 1 N–H and O–H groups in total. The Hall–Kier alpha value is -2.83. The van der Waals surface area contributed by atoms with Crippen LogP contribution in [0.4, 0.5) is 0 Å². The number of ether oxygens (including phenoxy) is 1. The van der Waals surface area contributed by atoms with Gasteiger partial charge in [-0.2, -0.15) is 5.10 Å². The van der Waals surface area contributed by atoms with Gasteiger partial charge in [0.05, 0.1) is 6.26 Å². The zero-order chi connectivity index (χ0) is 13.9. The zero-order valence-electron chi connectivity index (χ0n) is 10.6. The first-order chi connectivity index (χ1) is 9.72. The summed E-state index contributed by atoms with van der Waals surface area (Å²) in [6.45, 7) is 1.77. The van der Waals surface area contributed by atoms with E-state index in [0.29, 0.717) is 23.0 Å². The molecule has 20 heavy (non-hydrogen) atoms. The second kappa shape index (κ2) is 5.04. The van der Waals surface area contributed by atoms with Crippen LogP contribution in [0.3, 0.4) is 0 Å². The Balaban J connectivity index is 1.65. The fourth-order valence-corrected chi connectivity index (χ4v) is 1.67. The SMILES string of the molecule is Cc1nc(COC(=O)c2cc(-c3ccco3)n[nH]2)co1. The van der Waals surface area contributed by atoms with E-state index in [1.54, 1.807) is 25.1 Å². The van der Waals surface area contributed by atoms with E-state index in [1.807, 2.05) is 0 Å². The molecular formula is C13H11N3O4. The first kappa shape index (κ1) is 12.2. The molecule has 0 aliphatic carbocycles. The van der Waals surface area contributed by atoms with E-state index < -0.39 is 5.97 Å². The number of aromatic amines is 1. The average Bonchev–Trinajstić information content (AvgIpc) is 3.16. The number of hydrogen-bond acceptors (Lipinski definition) is 6. The monoisotopic (exact) mass is 273 g/mol. The van der Waals surface area contributed by atoms with Crippen molar-refractivity contribution < 1.29 is 18.4 Å². The van der Waals surface area contributed by atoms with Crippen molar-refractivity contribution in [2.75, 3.05) is 0 Å². The molecule has 3 aromatic rings. The van der Waals surface area contributed by atoms with Gasteiger partial charge >= 0.3 is 5.97 Å². The third kappa shape index (κ3) is 2.46. The van der Waals surface area contributed by atoms with Gasteiger partial charge in [-0.1, -0.05) is 0 Å². The Bertz CT molecular complexity index is 712. The molecular weight excluding hydrogens is 262 g/mol. The first-order valence-corrected chi connectivity index (χ1v) is 5.90. The predicted molar refractivity (Wildman–Crippen MR) is 66.6 cm³/mol. The Morgan fingerprint density at radius 3 is 3.05 bits per heavy atom. The van der Waals surface area contributed by atoms with Crippen LogP contribution in [0.15, 0.2) is 39.6 Å². The molecule has 0 saturated carbocycles. The van der Waals surface area contributed by atoms with Crippen LogP contribution in [0.2, 0.25) is 0 Å². The molecule has 0 radical (unpaired) electrons. The van der Waals surface area contributed by atoms with Crippen molar-refractivity contribution in [1.29, 1.82) is 0 Å². The van der Waals surface area contributed by atoms with Crippen LogP contribution in [-0.2, 0) is 11.3 Å². The predicted octanol–water partition coefficient (Wildman–Crippen LogP) is 2.32. The van der Waals surface area contributed by atoms with Gasteiger partial charge in [-0.15, -0.1) is 0 Å². The van der Waals surface area contributed by atoms with E-state index in [4.69, 9.17) is 13.6 Å². The van der Waals surface area contributed by atoms with Crippen molar-refractivity contribution in [2.45, 2.75) is 13.5 Å². The van der Waals surface area contributed by atoms with Gasteiger partial charge in [0.2, 0.25) is 0 Å². The van der Waals surface area contributed by atoms with E-state index >= 15 is 0 Å². The highest BCUT2D eigenvalue weighted by Gasteiger charge is 2.14. The number of furan rings is 1. The molecule has 0 saturated heterocycles. The summed E-state index contributed by atoms with van der Waals surface area (Å²) in [6, 6.07) is 5.06. The number of carbonyl (C=O) groups is 1. The van der Waals surface area contributed by atoms with Crippen LogP contribution in [0.5, 0.6) is 0 Å². The topological polar surface area (TPSA) is 94.1 Å². The summed E-state index contributed by atoms with van der Waals surface area (Å²) in [5.74, 6) is 0.584. The lowest BCUT2D eigenvalue weighted by atomic mass is 10.3. The number of aromatic nitrogens is 3. The largest absolute Gasteiger partial charge is 0.463 e. The van der Waals surface area contributed by atoms with Crippen LogP contribution >= 0.6 is 0 Å². The number of carbonyl (C=O) groups excluding carboxylic acids is 1. The van der Waals surface area contributed by atoms with E-state index in [0.717, 1.165) is 0 Å². The number of oxazole rings is 1. The fraction of sp³-hybridized carbons (Fsp3) is 0.154. The minimum atomic E-state index is -0.518. The highest BCUT2D eigenvalue weighted by molar-refractivity contribution is 5.88. The lowest BCUT2D eigenvalue weighted by Crippen LogP contribution is -2.05. The molecule has 0 atom stereocenters. The number of rotatable bonds is 4. The molecule has 0 amide bonds. The van der Waals surface area contributed by atoms with E-state index in [1.165, 1.54) is 12.5 Å². The Morgan fingerprint density at radius 2 is 2.35 bits per heavy atom. The fourth-order valence-electron chi connectivity index (χ4n) is 1.67. The summed E-state index contributed by atoms with van der Waals surface area (Å²) >= 11 is 0. The summed E-state index contributed by atoms with van der Waals surface area (Å²) in [5.41, 5.74) is 1.34. The summed E-state index contributed by atoms with van der Waals surface area (Å²) in [7, 11) is 0. The zero-order valence-corrected chi connectivity index (χ0v) is 10.6. The van der Waals surface area contributed by atoms with Crippen LogP contribution < -0.4 is 0 Å². The van der Waals surface area contributed by atoms with Crippen molar-refractivity contribution >= 4 is 5.97 Å². The lowest BCUT2D eigenvalue weighted by molar-refractivity contribution is 0.0460. The number of nitrogens with one attached hydrogen (secondary N) is 1. The Kier molecular flexibility index (Phi) is 3.08. The molecule has 0 aromatic carbocycles. The summed E-state index contributed by atoms with van der Waals surface area (Å²) < 4.78 is 15.3. The second-order valence-corrected chi connectivity index (χ2v) is 4.08. The van der Waals surface area contributed by atoms with Crippen LogP contribution in [0, 0.1) is 6.92 Å². The van der Waals surface area contributed by atoms with Gasteiger partial charge in [-0.3, -0.25) is 5.10 Å². The van der Waals surface area contributed by atoms with Crippen molar-refractivity contribution in [3.05, 3.63) is 48.0 Å². The van der Waals surface area contributed by atoms with E-state index in [2.05, 4.69) is 15.2 Å². The number of aryl methyl sites for hydroxylation is 1. The standard InChI is InChI=1S/C13H11N3O4/c1-8-14-9(6-19-8)7-20-13(17)11-5-10(15-16-11)12-3-2-4-18-12/h2-6H,7H2,1H3,(H,15,16). The third-order valence-corrected chi connectivity index (χ3v) is 2.59. The quantitative estimate of drug-likeness (QED) is 0.733. The highest BCUT2D eigenvalue weighted by Crippen LogP contribution is 2.18. The number of nitrogens with zero attached hydrogens (tertiary/aromatic N) is 2. The maximum Gasteiger partial charge on any atom is 0.356 e. The maximum atomic E-state index is 11.8. The molecule has 3 rings (SSSR count). The number of H-pyrrole nitrogens is 1. The van der Waals surface area contributed by atoms with Crippen molar-refractivity contribution in [2.24, 2.45) is 0 Å². The van der Waals surface area contributed by atoms with Gasteiger partial charge in [-0.25, -0.2) is 9.78 Å². The van der Waals surface area contributed by atoms with Gasteiger partial charge in [0.1, 0.15) is 30.0 Å². The molecule has 3 aromatic heterocycles. The Morgan fingerprint density at radius 1 is 1.45 bits per heavy atom. The summed E-state index contributed by atoms with van der Waals surface area (Å²) in [4.78, 5) is 15.9. The van der Waals surface area contributed by atoms with Crippen LogP contribution in [0.25, 0.3) is 11.5 Å². The molecule has 0 aliphatic heterocycles. The molecule has 0 fully saturated rings. The first-order valence-electron chi connectivity index (χ1n) is 5.90. The lowest BCUT2D eigenvalue weighted by Gasteiger charge is -1.98. The normalized spacial score (nSPS) is 10.7. The van der Waals surface area contributed by atoms with Gasteiger partial charge < -0.3 is 13.6 Å². The molecule has 0 bridgehead atoms. The molecule has 0 aliphatic rings. The van der Waals surface area contributed by atoms with Crippen molar-refractivity contribution in [3.63, 3.8) is 0 Å². The van der Waals surface area contributed by atoms with Gasteiger partial charge in [-0.05, 0) is 12.1 Å². The van der Waals surface area contributed by atoms with Crippen LogP contribution in [-0.4, -0.2) is 21.2 Å².